The van der Waals surface area contributed by atoms with Gasteiger partial charge in [-0.05, 0) is 45.8 Å². The molecule has 0 bridgehead atoms. The molecule has 0 spiro atoms. The van der Waals surface area contributed by atoms with Crippen molar-refractivity contribution in [3.05, 3.63) is 29.8 Å². The summed E-state index contributed by atoms with van der Waals surface area (Å²) in [5.41, 5.74) is 1.29. The van der Waals surface area contributed by atoms with E-state index in [-0.39, 0.29) is 0 Å². The quantitative estimate of drug-likeness (QED) is 0.852. The van der Waals surface area contributed by atoms with Gasteiger partial charge in [0.05, 0.1) is 19.3 Å². The molecule has 4 heteroatoms. The van der Waals surface area contributed by atoms with Gasteiger partial charge in [-0.25, -0.2) is 0 Å². The number of ether oxygens (including phenoxy) is 2. The van der Waals surface area contributed by atoms with Crippen molar-refractivity contribution in [3.63, 3.8) is 0 Å². The summed E-state index contributed by atoms with van der Waals surface area (Å²) in [5.74, 6) is 1.01. The van der Waals surface area contributed by atoms with Crippen LogP contribution in [0.25, 0.3) is 0 Å². The molecule has 0 amide bonds. The molecule has 0 unspecified atom stereocenters. The lowest BCUT2D eigenvalue weighted by Crippen LogP contribution is -2.53. The van der Waals surface area contributed by atoms with E-state index >= 15 is 0 Å². The van der Waals surface area contributed by atoms with Crippen LogP contribution in [0.2, 0.25) is 0 Å². The molecule has 2 saturated heterocycles. The molecule has 0 radical (unpaired) electrons. The van der Waals surface area contributed by atoms with E-state index < -0.39 is 0 Å². The van der Waals surface area contributed by atoms with Crippen molar-refractivity contribution in [3.8, 4) is 5.75 Å². The van der Waals surface area contributed by atoms with Crippen molar-refractivity contribution in [2.75, 3.05) is 33.3 Å². The van der Waals surface area contributed by atoms with Crippen LogP contribution < -0.4 is 4.74 Å². The Labute approximate surface area is 140 Å². The third kappa shape index (κ3) is 4.25. The minimum atomic E-state index is 0.366. The zero-order chi connectivity index (χ0) is 16.2. The average molecular weight is 318 g/mol. The average Bonchev–Trinajstić information content (AvgIpc) is 2.55. The SMILES string of the molecule is COc1ccccc1CN1CCC(N2C[C@H](C)O[C@@H](C)C2)CC1. The highest BCUT2D eigenvalue weighted by molar-refractivity contribution is 5.33. The van der Waals surface area contributed by atoms with E-state index in [0.29, 0.717) is 12.2 Å². The fourth-order valence-electron chi connectivity index (χ4n) is 4.03. The summed E-state index contributed by atoms with van der Waals surface area (Å²) in [6.45, 7) is 9.89. The van der Waals surface area contributed by atoms with Crippen LogP contribution in [0.3, 0.4) is 0 Å². The molecular weight excluding hydrogens is 288 g/mol. The molecule has 0 saturated carbocycles. The highest BCUT2D eigenvalue weighted by Crippen LogP contribution is 2.24. The maximum absolute atomic E-state index is 5.87. The number of rotatable bonds is 4. The van der Waals surface area contributed by atoms with Gasteiger partial charge >= 0.3 is 0 Å². The zero-order valence-corrected chi connectivity index (χ0v) is 14.7. The van der Waals surface area contributed by atoms with E-state index in [1.807, 2.05) is 6.07 Å². The molecule has 2 heterocycles. The Hall–Kier alpha value is -1.10. The first-order valence-electron chi connectivity index (χ1n) is 8.89. The smallest absolute Gasteiger partial charge is 0.123 e. The van der Waals surface area contributed by atoms with Gasteiger partial charge in [0.1, 0.15) is 5.75 Å². The van der Waals surface area contributed by atoms with Crippen molar-refractivity contribution in [2.45, 2.75) is 51.5 Å². The number of methoxy groups -OCH3 is 1. The molecule has 2 aliphatic rings. The Morgan fingerprint density at radius 3 is 2.39 bits per heavy atom. The van der Waals surface area contributed by atoms with E-state index in [0.717, 1.165) is 31.4 Å². The molecule has 4 nitrogen and oxygen atoms in total. The molecule has 0 N–H and O–H groups in total. The molecular formula is C19H30N2O2. The second-order valence-corrected chi connectivity index (χ2v) is 7.03. The van der Waals surface area contributed by atoms with Crippen LogP contribution in [0.5, 0.6) is 5.75 Å². The van der Waals surface area contributed by atoms with Crippen molar-refractivity contribution in [1.29, 1.82) is 0 Å². The van der Waals surface area contributed by atoms with Crippen LogP contribution in [0.4, 0.5) is 0 Å². The van der Waals surface area contributed by atoms with Gasteiger partial charge in [0.2, 0.25) is 0 Å². The summed E-state index contributed by atoms with van der Waals surface area (Å²) in [6, 6.07) is 9.09. The van der Waals surface area contributed by atoms with Gasteiger partial charge in [-0.1, -0.05) is 18.2 Å². The normalized spacial score (nSPS) is 28.0. The molecule has 2 atom stereocenters. The van der Waals surface area contributed by atoms with Gasteiger partial charge in [0, 0.05) is 31.2 Å². The summed E-state index contributed by atoms with van der Waals surface area (Å²) < 4.78 is 11.3. The summed E-state index contributed by atoms with van der Waals surface area (Å²) in [7, 11) is 1.76. The summed E-state index contributed by atoms with van der Waals surface area (Å²) in [4.78, 5) is 5.21. The topological polar surface area (TPSA) is 24.9 Å². The third-order valence-corrected chi connectivity index (χ3v) is 5.11. The minimum absolute atomic E-state index is 0.366. The van der Waals surface area contributed by atoms with Crippen molar-refractivity contribution in [1.82, 2.24) is 9.80 Å². The molecule has 1 aromatic carbocycles. The molecule has 3 rings (SSSR count). The van der Waals surface area contributed by atoms with E-state index in [1.54, 1.807) is 7.11 Å². The number of morpholine rings is 1. The number of hydrogen-bond donors (Lipinski definition) is 0. The predicted molar refractivity (Wildman–Crippen MR) is 92.9 cm³/mol. The number of piperidine rings is 1. The maximum Gasteiger partial charge on any atom is 0.123 e. The van der Waals surface area contributed by atoms with Crippen LogP contribution in [0, 0.1) is 0 Å². The second-order valence-electron chi connectivity index (χ2n) is 7.03. The Bertz CT molecular complexity index is 490. The van der Waals surface area contributed by atoms with Gasteiger partial charge < -0.3 is 9.47 Å². The largest absolute Gasteiger partial charge is 0.496 e. The predicted octanol–water partition coefficient (Wildman–Crippen LogP) is 2.77. The molecule has 0 aromatic heterocycles. The van der Waals surface area contributed by atoms with Crippen LogP contribution in [0.15, 0.2) is 24.3 Å². The number of hydrogen-bond acceptors (Lipinski definition) is 4. The number of likely N-dealkylation sites (tertiary alicyclic amines) is 1. The summed E-state index contributed by atoms with van der Waals surface area (Å²) in [5, 5.41) is 0. The van der Waals surface area contributed by atoms with Gasteiger partial charge in [-0.3, -0.25) is 9.80 Å². The summed E-state index contributed by atoms with van der Waals surface area (Å²) >= 11 is 0. The van der Waals surface area contributed by atoms with E-state index in [2.05, 4.69) is 41.8 Å². The Morgan fingerprint density at radius 1 is 1.09 bits per heavy atom. The highest BCUT2D eigenvalue weighted by atomic mass is 16.5. The Kier molecular flexibility index (Phi) is 5.57. The van der Waals surface area contributed by atoms with E-state index in [4.69, 9.17) is 9.47 Å². The zero-order valence-electron chi connectivity index (χ0n) is 14.7. The molecule has 23 heavy (non-hydrogen) atoms. The standard InChI is InChI=1S/C19H30N2O2/c1-15-12-21(13-16(2)23-15)18-8-10-20(11-9-18)14-17-6-4-5-7-19(17)22-3/h4-7,15-16,18H,8-14H2,1-3H3/t15-,16-/m0/s1. The molecule has 1 aromatic rings. The first kappa shape index (κ1) is 16.7. The van der Waals surface area contributed by atoms with Crippen LogP contribution in [-0.4, -0.2) is 61.3 Å². The Balaban J connectivity index is 1.52. The fraction of sp³-hybridized carbons (Fsp3) is 0.684. The van der Waals surface area contributed by atoms with Crippen molar-refractivity contribution in [2.24, 2.45) is 0 Å². The van der Waals surface area contributed by atoms with E-state index in [1.165, 1.54) is 31.5 Å². The lowest BCUT2D eigenvalue weighted by molar-refractivity contribution is -0.0865. The highest BCUT2D eigenvalue weighted by Gasteiger charge is 2.30. The number of benzene rings is 1. The molecule has 0 aliphatic carbocycles. The van der Waals surface area contributed by atoms with Crippen molar-refractivity contribution < 1.29 is 9.47 Å². The van der Waals surface area contributed by atoms with Crippen LogP contribution in [0.1, 0.15) is 32.3 Å². The van der Waals surface area contributed by atoms with Gasteiger partial charge in [0.25, 0.3) is 0 Å². The van der Waals surface area contributed by atoms with Gasteiger partial charge in [0.15, 0.2) is 0 Å². The Morgan fingerprint density at radius 2 is 1.74 bits per heavy atom. The molecule has 128 valence electrons. The van der Waals surface area contributed by atoms with E-state index in [9.17, 15) is 0 Å². The molecule has 2 aliphatic heterocycles. The lowest BCUT2D eigenvalue weighted by Gasteiger charge is -2.43. The maximum atomic E-state index is 5.87. The lowest BCUT2D eigenvalue weighted by atomic mass is 10.0. The van der Waals surface area contributed by atoms with Crippen molar-refractivity contribution >= 4 is 0 Å². The van der Waals surface area contributed by atoms with Crippen LogP contribution >= 0.6 is 0 Å². The first-order valence-corrected chi connectivity index (χ1v) is 8.89. The fourth-order valence-corrected chi connectivity index (χ4v) is 4.03. The van der Waals surface area contributed by atoms with Crippen LogP contribution in [-0.2, 0) is 11.3 Å². The number of para-hydroxylation sites is 1. The monoisotopic (exact) mass is 318 g/mol. The minimum Gasteiger partial charge on any atom is -0.496 e. The molecule has 2 fully saturated rings. The third-order valence-electron chi connectivity index (χ3n) is 5.11. The summed E-state index contributed by atoms with van der Waals surface area (Å²) in [6.07, 6.45) is 3.25. The second kappa shape index (κ2) is 7.65. The first-order chi connectivity index (χ1) is 11.2. The van der Waals surface area contributed by atoms with Gasteiger partial charge in [-0.2, -0.15) is 0 Å². The number of nitrogens with zero attached hydrogens (tertiary/aromatic N) is 2. The van der Waals surface area contributed by atoms with Gasteiger partial charge in [-0.15, -0.1) is 0 Å².